The van der Waals surface area contributed by atoms with E-state index in [1.807, 2.05) is 38.1 Å². The summed E-state index contributed by atoms with van der Waals surface area (Å²) in [6.07, 6.45) is 8.30. The maximum Gasteiger partial charge on any atom is 0.262 e. The molecule has 2 aliphatic rings. The number of carbonyl (C=O) groups is 1. The fraction of sp³-hybridized carbons (Fsp3) is 0.393. The van der Waals surface area contributed by atoms with Gasteiger partial charge in [0, 0.05) is 18.3 Å². The first-order chi connectivity index (χ1) is 17.5. The highest BCUT2D eigenvalue weighted by molar-refractivity contribution is 8.00. The number of allylic oxidation sites excluding steroid dienone is 2. The van der Waals surface area contributed by atoms with Gasteiger partial charge in [-0.1, -0.05) is 42.5 Å². The number of benzene rings is 2. The number of aromatic nitrogens is 2. The number of ether oxygens (including phenoxy) is 2. The molecule has 1 aromatic heterocycles. The monoisotopic (exact) mass is 505 g/mol. The molecular weight excluding hydrogens is 474 g/mol. The second-order valence-electron chi connectivity index (χ2n) is 9.31. The third-order valence-corrected chi connectivity index (χ3v) is 8.01. The molecule has 36 heavy (non-hydrogen) atoms. The quantitative estimate of drug-likeness (QED) is 0.236. The van der Waals surface area contributed by atoms with Gasteiger partial charge in [-0.15, -0.1) is 0 Å². The maximum atomic E-state index is 13.7. The molecule has 0 spiro atoms. The van der Waals surface area contributed by atoms with Gasteiger partial charge in [-0.25, -0.2) is 4.98 Å². The summed E-state index contributed by atoms with van der Waals surface area (Å²) in [5, 5.41) is 3.67. The number of hydrogen-bond acceptors (Lipinski definition) is 6. The number of fused-ring (bicyclic) bond motifs is 2. The summed E-state index contributed by atoms with van der Waals surface area (Å²) in [6, 6.07) is 11.2. The Balaban J connectivity index is 1.48. The molecule has 8 heteroatoms. The van der Waals surface area contributed by atoms with E-state index in [1.54, 1.807) is 16.7 Å². The van der Waals surface area contributed by atoms with Crippen LogP contribution in [-0.2, 0) is 11.3 Å². The van der Waals surface area contributed by atoms with Gasteiger partial charge < -0.3 is 14.8 Å². The average Bonchev–Trinajstić information content (AvgIpc) is 3.34. The lowest BCUT2D eigenvalue weighted by atomic mass is 9.97. The molecule has 1 aliphatic carbocycles. The van der Waals surface area contributed by atoms with Gasteiger partial charge in [-0.2, -0.15) is 0 Å². The SMILES string of the molecule is CC[C@@H](Sc1nc2cc3c(cc2c(=O)n1CCC1=CCCCC1)OCO3)C(=O)Nc1cccc(C)c1. The van der Waals surface area contributed by atoms with Gasteiger partial charge in [0.15, 0.2) is 16.7 Å². The molecule has 0 radical (unpaired) electrons. The lowest BCUT2D eigenvalue weighted by Crippen LogP contribution is -2.28. The Kier molecular flexibility index (Phi) is 7.32. The van der Waals surface area contributed by atoms with Crippen molar-refractivity contribution in [3.8, 4) is 11.5 Å². The van der Waals surface area contributed by atoms with E-state index in [1.165, 1.54) is 30.2 Å². The summed E-state index contributed by atoms with van der Waals surface area (Å²) in [7, 11) is 0. The van der Waals surface area contributed by atoms with E-state index < -0.39 is 5.25 Å². The van der Waals surface area contributed by atoms with E-state index in [0.29, 0.717) is 40.5 Å². The van der Waals surface area contributed by atoms with Crippen molar-refractivity contribution in [1.29, 1.82) is 0 Å². The predicted molar refractivity (Wildman–Crippen MR) is 143 cm³/mol. The number of amides is 1. The van der Waals surface area contributed by atoms with Crippen LogP contribution in [0.1, 0.15) is 51.0 Å². The van der Waals surface area contributed by atoms with E-state index in [-0.39, 0.29) is 18.3 Å². The smallest absolute Gasteiger partial charge is 0.262 e. The van der Waals surface area contributed by atoms with Crippen LogP contribution in [0.3, 0.4) is 0 Å². The topological polar surface area (TPSA) is 82.5 Å². The summed E-state index contributed by atoms with van der Waals surface area (Å²) < 4.78 is 12.7. The summed E-state index contributed by atoms with van der Waals surface area (Å²) >= 11 is 1.34. The highest BCUT2D eigenvalue weighted by Crippen LogP contribution is 2.36. The van der Waals surface area contributed by atoms with E-state index in [4.69, 9.17) is 14.5 Å². The molecule has 3 aromatic rings. The predicted octanol–water partition coefficient (Wildman–Crippen LogP) is 5.83. The normalized spacial score (nSPS) is 15.6. The fourth-order valence-electron chi connectivity index (χ4n) is 4.66. The molecule has 0 saturated carbocycles. The van der Waals surface area contributed by atoms with Gasteiger partial charge in [-0.05, 0) is 69.2 Å². The number of aryl methyl sites for hydroxylation is 1. The molecule has 7 nitrogen and oxygen atoms in total. The van der Waals surface area contributed by atoms with Crippen LogP contribution in [0.25, 0.3) is 10.9 Å². The number of anilines is 1. The second kappa shape index (κ2) is 10.8. The first-order valence-electron chi connectivity index (χ1n) is 12.6. The molecule has 1 atom stereocenters. The second-order valence-corrected chi connectivity index (χ2v) is 10.5. The Morgan fingerprint density at radius 1 is 1.19 bits per heavy atom. The van der Waals surface area contributed by atoms with Crippen LogP contribution in [0.2, 0.25) is 0 Å². The van der Waals surface area contributed by atoms with Crippen molar-refractivity contribution >= 4 is 34.3 Å². The van der Waals surface area contributed by atoms with E-state index in [2.05, 4.69) is 11.4 Å². The highest BCUT2D eigenvalue weighted by Gasteiger charge is 2.24. The molecule has 1 amide bonds. The average molecular weight is 506 g/mol. The van der Waals surface area contributed by atoms with Gasteiger partial charge in [0.1, 0.15) is 0 Å². The van der Waals surface area contributed by atoms with Crippen LogP contribution in [0.5, 0.6) is 11.5 Å². The van der Waals surface area contributed by atoms with Crippen molar-refractivity contribution in [2.45, 2.75) is 69.3 Å². The Labute approximate surface area is 214 Å². The van der Waals surface area contributed by atoms with Crippen LogP contribution in [0, 0.1) is 6.92 Å². The van der Waals surface area contributed by atoms with Gasteiger partial charge in [0.25, 0.3) is 5.56 Å². The lowest BCUT2D eigenvalue weighted by molar-refractivity contribution is -0.115. The molecule has 1 aliphatic heterocycles. The van der Waals surface area contributed by atoms with Gasteiger partial charge in [-0.3, -0.25) is 14.2 Å². The summed E-state index contributed by atoms with van der Waals surface area (Å²) in [5.74, 6) is 1.04. The van der Waals surface area contributed by atoms with E-state index in [9.17, 15) is 9.59 Å². The van der Waals surface area contributed by atoms with E-state index in [0.717, 1.165) is 30.5 Å². The molecule has 1 N–H and O–H groups in total. The largest absolute Gasteiger partial charge is 0.454 e. The van der Waals surface area contributed by atoms with Crippen molar-refractivity contribution < 1.29 is 14.3 Å². The third kappa shape index (κ3) is 5.28. The number of hydrogen-bond donors (Lipinski definition) is 1. The van der Waals surface area contributed by atoms with E-state index >= 15 is 0 Å². The number of thioether (sulfide) groups is 1. The summed E-state index contributed by atoms with van der Waals surface area (Å²) in [4.78, 5) is 31.7. The zero-order chi connectivity index (χ0) is 25.1. The Morgan fingerprint density at radius 3 is 2.78 bits per heavy atom. The zero-order valence-corrected chi connectivity index (χ0v) is 21.5. The first-order valence-corrected chi connectivity index (χ1v) is 13.5. The number of carbonyl (C=O) groups excluding carboxylic acids is 1. The van der Waals surface area contributed by atoms with Crippen molar-refractivity contribution in [2.24, 2.45) is 0 Å². The summed E-state index contributed by atoms with van der Waals surface area (Å²) in [6.45, 7) is 4.63. The van der Waals surface area contributed by atoms with Crippen LogP contribution >= 0.6 is 11.8 Å². The molecule has 0 unspecified atom stereocenters. The minimum Gasteiger partial charge on any atom is -0.454 e. The van der Waals surface area contributed by atoms with Gasteiger partial charge in [0.2, 0.25) is 12.7 Å². The summed E-state index contributed by atoms with van der Waals surface area (Å²) in [5.41, 5.74) is 3.66. The molecule has 5 rings (SSSR count). The lowest BCUT2D eigenvalue weighted by Gasteiger charge is -2.19. The molecular formula is C28H31N3O4S. The first kappa shape index (κ1) is 24.4. The molecule has 2 aromatic carbocycles. The Morgan fingerprint density at radius 2 is 2.03 bits per heavy atom. The molecule has 2 heterocycles. The number of rotatable bonds is 8. The number of nitrogens with zero attached hydrogens (tertiary/aromatic N) is 2. The van der Waals surface area contributed by atoms with Crippen LogP contribution in [-0.4, -0.2) is 27.5 Å². The maximum absolute atomic E-state index is 13.7. The van der Waals surface area contributed by atoms with Crippen molar-refractivity contribution in [1.82, 2.24) is 9.55 Å². The van der Waals surface area contributed by atoms with Crippen LogP contribution in [0.4, 0.5) is 5.69 Å². The standard InChI is InChI=1S/C28H31N3O4S/c1-3-25(26(32)29-20-11-7-8-18(2)14-20)36-28-30-22-16-24-23(34-17-35-24)15-21(22)27(33)31(28)13-12-19-9-5-4-6-10-19/h7-9,11,14-16,25H,3-6,10,12-13,17H2,1-2H3,(H,29,32)/t25-/m1/s1. The Bertz CT molecular complexity index is 1380. The number of nitrogens with one attached hydrogen (secondary N) is 1. The minimum absolute atomic E-state index is 0.102. The highest BCUT2D eigenvalue weighted by atomic mass is 32.2. The van der Waals surface area contributed by atoms with Crippen LogP contribution in [0.15, 0.2) is 58.0 Å². The fourth-order valence-corrected chi connectivity index (χ4v) is 5.70. The molecule has 0 saturated heterocycles. The molecule has 0 bridgehead atoms. The molecule has 0 fully saturated rings. The third-order valence-electron chi connectivity index (χ3n) is 6.65. The van der Waals surface area contributed by atoms with Crippen molar-refractivity contribution in [3.05, 3.63) is 64.0 Å². The van der Waals surface area contributed by atoms with Crippen molar-refractivity contribution in [2.75, 3.05) is 12.1 Å². The van der Waals surface area contributed by atoms with Crippen LogP contribution < -0.4 is 20.3 Å². The van der Waals surface area contributed by atoms with Gasteiger partial charge in [0.05, 0.1) is 16.2 Å². The zero-order valence-electron chi connectivity index (χ0n) is 20.7. The van der Waals surface area contributed by atoms with Crippen molar-refractivity contribution in [3.63, 3.8) is 0 Å². The molecule has 188 valence electrons. The minimum atomic E-state index is -0.399. The Hall–Kier alpha value is -3.26. The van der Waals surface area contributed by atoms with Gasteiger partial charge >= 0.3 is 0 Å².